The van der Waals surface area contributed by atoms with Gasteiger partial charge >= 0.3 is 0 Å². The molecule has 5 rings (SSSR count). The number of amides is 1. The van der Waals surface area contributed by atoms with Crippen LogP contribution in [0.5, 0.6) is 0 Å². The fourth-order valence-corrected chi connectivity index (χ4v) is 8.76. The van der Waals surface area contributed by atoms with Crippen molar-refractivity contribution in [2.75, 3.05) is 13.2 Å². The number of allylic oxidation sites excluding steroid dienone is 2. The Morgan fingerprint density at radius 3 is 2.36 bits per heavy atom. The zero-order valence-electron chi connectivity index (χ0n) is 29.0. The van der Waals surface area contributed by atoms with Gasteiger partial charge in [-0.25, -0.2) is 0 Å². The summed E-state index contributed by atoms with van der Waals surface area (Å²) in [6.07, 6.45) is 22.8. The lowest BCUT2D eigenvalue weighted by Crippen LogP contribution is -2.35. The van der Waals surface area contributed by atoms with E-state index in [1.807, 2.05) is 11.8 Å². The van der Waals surface area contributed by atoms with Crippen molar-refractivity contribution in [2.45, 2.75) is 136 Å². The van der Waals surface area contributed by atoms with Gasteiger partial charge in [-0.05, 0) is 141 Å². The number of benzene rings is 2. The number of fused-ring (bicyclic) bond motifs is 1. The van der Waals surface area contributed by atoms with Gasteiger partial charge in [0.1, 0.15) is 0 Å². The molecule has 0 bridgehead atoms. The van der Waals surface area contributed by atoms with Crippen LogP contribution in [-0.2, 0) is 11.2 Å². The topological polar surface area (TPSA) is 40.5 Å². The molecule has 0 saturated heterocycles. The van der Waals surface area contributed by atoms with Gasteiger partial charge in [0.05, 0.1) is 6.04 Å². The summed E-state index contributed by atoms with van der Waals surface area (Å²) in [5, 5.41) is 12.5. The van der Waals surface area contributed by atoms with Crippen LogP contribution in [0.4, 0.5) is 0 Å². The molecule has 0 radical (unpaired) electrons. The molecule has 246 valence electrons. The Labute approximate surface area is 274 Å². The molecule has 1 fully saturated rings. The summed E-state index contributed by atoms with van der Waals surface area (Å²) in [6.45, 7) is 9.56. The Hall–Kier alpha value is -2.39. The third kappa shape index (κ3) is 8.70. The van der Waals surface area contributed by atoms with Gasteiger partial charge in [-0.15, -0.1) is 0 Å². The van der Waals surface area contributed by atoms with Crippen molar-refractivity contribution in [3.05, 3.63) is 64.7 Å². The number of unbranched alkanes of at least 4 members (excludes halogenated alkanes) is 2. The summed E-state index contributed by atoms with van der Waals surface area (Å²) in [4.78, 5) is 14.7. The molecule has 1 N–H and O–H groups in total. The van der Waals surface area contributed by atoms with Gasteiger partial charge in [0.15, 0.2) is 0 Å². The minimum absolute atomic E-state index is 0.212. The van der Waals surface area contributed by atoms with Crippen LogP contribution in [0.1, 0.15) is 135 Å². The van der Waals surface area contributed by atoms with Crippen LogP contribution in [0.2, 0.25) is 0 Å². The van der Waals surface area contributed by atoms with Crippen LogP contribution in [0.3, 0.4) is 0 Å². The Bertz CT molecular complexity index is 1330. The predicted octanol–water partition coefficient (Wildman–Crippen LogP) is 10.7. The van der Waals surface area contributed by atoms with Crippen molar-refractivity contribution in [1.29, 1.82) is 0 Å². The number of aliphatic hydroxyl groups is 1. The van der Waals surface area contributed by atoms with Crippen LogP contribution >= 0.6 is 0 Å². The molecule has 3 aliphatic rings. The van der Waals surface area contributed by atoms with E-state index in [0.717, 1.165) is 42.7 Å². The third-order valence-electron chi connectivity index (χ3n) is 12.2. The van der Waals surface area contributed by atoms with Crippen molar-refractivity contribution >= 4 is 22.3 Å². The number of aliphatic hydroxyl groups excluding tert-OH is 1. The number of carbonyl (C=O) groups excluding carboxylic acids is 1. The number of rotatable bonds is 15. The average Bonchev–Trinajstić information content (AvgIpc) is 3.25. The molecular weight excluding hydrogens is 550 g/mol. The molecule has 3 atom stereocenters. The van der Waals surface area contributed by atoms with Gasteiger partial charge in [0, 0.05) is 18.7 Å². The molecule has 0 spiro atoms. The number of hydrogen-bond acceptors (Lipinski definition) is 2. The van der Waals surface area contributed by atoms with E-state index in [1.165, 1.54) is 117 Å². The van der Waals surface area contributed by atoms with Crippen LogP contribution in [-0.4, -0.2) is 35.1 Å². The van der Waals surface area contributed by atoms with Crippen molar-refractivity contribution in [2.24, 2.45) is 23.7 Å². The fraction of sp³-hybridized carbons (Fsp3) is 0.643. The SMILES string of the molecule is CCCCCc1ccc2cc(C3=CCC(C4CCC(CCCC(CCO)CCN5C(=O)C(C)=C(C)C5C)CC4)CC3)ccc2c1. The summed E-state index contributed by atoms with van der Waals surface area (Å²) in [5.41, 5.74) is 6.63. The van der Waals surface area contributed by atoms with Gasteiger partial charge in [-0.3, -0.25) is 4.79 Å². The number of carbonyl (C=O) groups is 1. The maximum Gasteiger partial charge on any atom is 0.250 e. The molecule has 2 aromatic rings. The molecule has 2 aromatic carbocycles. The van der Waals surface area contributed by atoms with E-state index in [0.29, 0.717) is 5.92 Å². The maximum absolute atomic E-state index is 12.6. The highest BCUT2D eigenvalue weighted by molar-refractivity contribution is 5.97. The van der Waals surface area contributed by atoms with E-state index < -0.39 is 0 Å². The lowest BCUT2D eigenvalue weighted by atomic mass is 9.70. The first-order chi connectivity index (χ1) is 21.9. The molecule has 1 aliphatic heterocycles. The predicted molar refractivity (Wildman–Crippen MR) is 191 cm³/mol. The lowest BCUT2D eigenvalue weighted by molar-refractivity contribution is -0.126. The van der Waals surface area contributed by atoms with Gasteiger partial charge in [-0.1, -0.05) is 88.3 Å². The first-order valence-electron chi connectivity index (χ1n) is 18.7. The fourth-order valence-electron chi connectivity index (χ4n) is 8.76. The molecule has 1 amide bonds. The van der Waals surface area contributed by atoms with Crippen molar-refractivity contribution in [3.8, 4) is 0 Å². The molecule has 1 saturated carbocycles. The monoisotopic (exact) mass is 611 g/mol. The molecular formula is C42H61NO2. The highest BCUT2D eigenvalue weighted by atomic mass is 16.3. The molecule has 3 heteroatoms. The van der Waals surface area contributed by atoms with E-state index in [2.05, 4.69) is 63.2 Å². The van der Waals surface area contributed by atoms with E-state index >= 15 is 0 Å². The van der Waals surface area contributed by atoms with Gasteiger partial charge in [0.2, 0.25) is 5.91 Å². The van der Waals surface area contributed by atoms with E-state index in [1.54, 1.807) is 5.57 Å². The van der Waals surface area contributed by atoms with Crippen LogP contribution in [0, 0.1) is 23.7 Å². The number of nitrogens with zero attached hydrogens (tertiary/aromatic N) is 1. The van der Waals surface area contributed by atoms with Crippen molar-refractivity contribution < 1.29 is 9.90 Å². The second-order valence-corrected chi connectivity index (χ2v) is 15.0. The quantitative estimate of drug-likeness (QED) is 0.204. The highest BCUT2D eigenvalue weighted by Crippen LogP contribution is 2.42. The molecule has 0 aromatic heterocycles. The Balaban J connectivity index is 1.03. The molecule has 1 heterocycles. The van der Waals surface area contributed by atoms with Gasteiger partial charge in [-0.2, -0.15) is 0 Å². The summed E-state index contributed by atoms with van der Waals surface area (Å²) < 4.78 is 0. The largest absolute Gasteiger partial charge is 0.396 e. The standard InChI is InChI=1S/C42H61NO2/c1-5-6-7-9-35-14-17-41-29-40(23-22-39(41)28-35)38-20-18-37(19-21-38)36-15-12-33(13-16-36)10-8-11-34(25-27-44)24-26-43-32(4)30(2)31(3)42(43)45/h14,17,20,22-23,28-29,32-34,36-37,44H,5-13,15-16,18-19,21,24-27H2,1-4H3. The summed E-state index contributed by atoms with van der Waals surface area (Å²) in [6, 6.07) is 14.5. The van der Waals surface area contributed by atoms with E-state index in [9.17, 15) is 9.90 Å². The van der Waals surface area contributed by atoms with Crippen LogP contribution < -0.4 is 0 Å². The average molecular weight is 612 g/mol. The summed E-state index contributed by atoms with van der Waals surface area (Å²) in [7, 11) is 0. The van der Waals surface area contributed by atoms with Gasteiger partial charge in [0.25, 0.3) is 0 Å². The Morgan fingerprint density at radius 1 is 0.889 bits per heavy atom. The van der Waals surface area contributed by atoms with Crippen molar-refractivity contribution in [3.63, 3.8) is 0 Å². The second kappa shape index (κ2) is 16.4. The first kappa shape index (κ1) is 34.0. The maximum atomic E-state index is 12.6. The molecule has 3 unspecified atom stereocenters. The molecule has 3 nitrogen and oxygen atoms in total. The summed E-state index contributed by atoms with van der Waals surface area (Å²) in [5.74, 6) is 3.39. The van der Waals surface area contributed by atoms with Gasteiger partial charge < -0.3 is 10.0 Å². The van der Waals surface area contributed by atoms with E-state index in [-0.39, 0.29) is 18.6 Å². The first-order valence-corrected chi connectivity index (χ1v) is 18.7. The normalized spacial score (nSPS) is 24.9. The Kier molecular flexibility index (Phi) is 12.4. The minimum atomic E-state index is 0.212. The third-order valence-corrected chi connectivity index (χ3v) is 12.2. The molecule has 45 heavy (non-hydrogen) atoms. The smallest absolute Gasteiger partial charge is 0.250 e. The number of aryl methyl sites for hydroxylation is 1. The Morgan fingerprint density at radius 2 is 1.67 bits per heavy atom. The minimum Gasteiger partial charge on any atom is -0.396 e. The molecule has 2 aliphatic carbocycles. The van der Waals surface area contributed by atoms with E-state index in [4.69, 9.17) is 0 Å². The van der Waals surface area contributed by atoms with Crippen LogP contribution in [0.25, 0.3) is 16.3 Å². The summed E-state index contributed by atoms with van der Waals surface area (Å²) >= 11 is 0. The second-order valence-electron chi connectivity index (χ2n) is 15.0. The zero-order valence-corrected chi connectivity index (χ0v) is 29.0. The number of hydrogen-bond donors (Lipinski definition) is 1. The lowest BCUT2D eigenvalue weighted by Gasteiger charge is -2.35. The highest BCUT2D eigenvalue weighted by Gasteiger charge is 2.32. The van der Waals surface area contributed by atoms with Crippen LogP contribution in [0.15, 0.2) is 53.6 Å². The van der Waals surface area contributed by atoms with Crippen molar-refractivity contribution in [1.82, 2.24) is 4.90 Å². The zero-order chi connectivity index (χ0) is 31.8.